The number of halogens is 1. The van der Waals surface area contributed by atoms with Crippen molar-refractivity contribution in [3.8, 4) is 0 Å². The number of carbonyl (C=O) groups is 1. The molecule has 1 atom stereocenters. The molecule has 0 bridgehead atoms. The van der Waals surface area contributed by atoms with Gasteiger partial charge in [0.1, 0.15) is 5.82 Å². The second kappa shape index (κ2) is 6.54. The van der Waals surface area contributed by atoms with Crippen molar-refractivity contribution in [1.82, 2.24) is 9.62 Å². The summed E-state index contributed by atoms with van der Waals surface area (Å²) >= 11 is 0. The second-order valence-corrected chi connectivity index (χ2v) is 7.79. The van der Waals surface area contributed by atoms with Crippen LogP contribution in [0.1, 0.15) is 24.8 Å². The predicted octanol–water partition coefficient (Wildman–Crippen LogP) is 0.786. The van der Waals surface area contributed by atoms with Crippen LogP contribution in [0.3, 0.4) is 0 Å². The number of β-amino-alcohol motifs (C(OH)–C–C–N with tert-alkyl or cyclic N) is 1. The highest BCUT2D eigenvalue weighted by molar-refractivity contribution is 7.89. The first kappa shape index (κ1) is 17.8. The number of amides is 1. The van der Waals surface area contributed by atoms with Crippen LogP contribution in [0.4, 0.5) is 4.39 Å². The quantitative estimate of drug-likeness (QED) is 0.845. The van der Waals surface area contributed by atoms with Crippen LogP contribution in [0.15, 0.2) is 23.1 Å². The molecule has 8 heteroatoms. The first-order valence-electron chi connectivity index (χ1n) is 7.38. The zero-order chi connectivity index (χ0) is 17.3. The van der Waals surface area contributed by atoms with Gasteiger partial charge in [-0.15, -0.1) is 0 Å². The van der Waals surface area contributed by atoms with E-state index in [1.807, 2.05) is 0 Å². The van der Waals surface area contributed by atoms with E-state index in [2.05, 4.69) is 5.32 Å². The molecule has 0 spiro atoms. The lowest BCUT2D eigenvalue weighted by atomic mass is 9.90. The predicted molar refractivity (Wildman–Crippen MR) is 82.8 cm³/mol. The number of rotatable bonds is 4. The van der Waals surface area contributed by atoms with Gasteiger partial charge in [-0.2, -0.15) is 4.31 Å². The Hall–Kier alpha value is -1.51. The number of hydrogen-bond donors (Lipinski definition) is 2. The Labute approximate surface area is 135 Å². The monoisotopic (exact) mass is 344 g/mol. The largest absolute Gasteiger partial charge is 0.388 e. The molecule has 1 aliphatic heterocycles. The second-order valence-electron chi connectivity index (χ2n) is 5.88. The summed E-state index contributed by atoms with van der Waals surface area (Å²) in [4.78, 5) is 11.4. The van der Waals surface area contributed by atoms with Crippen molar-refractivity contribution in [1.29, 1.82) is 0 Å². The summed E-state index contributed by atoms with van der Waals surface area (Å²) in [6.07, 6.45) is 0.604. The van der Waals surface area contributed by atoms with Gasteiger partial charge in [0.2, 0.25) is 15.9 Å². The summed E-state index contributed by atoms with van der Waals surface area (Å²) in [6.45, 7) is 1.45. The number of sulfonamides is 1. The molecular formula is C15H21FN2O4S. The molecule has 0 saturated carbocycles. The van der Waals surface area contributed by atoms with Crippen molar-refractivity contribution in [2.45, 2.75) is 36.7 Å². The van der Waals surface area contributed by atoms with Crippen LogP contribution in [0, 0.1) is 12.7 Å². The van der Waals surface area contributed by atoms with Gasteiger partial charge in [-0.1, -0.05) is 6.07 Å². The Morgan fingerprint density at radius 1 is 1.48 bits per heavy atom. The summed E-state index contributed by atoms with van der Waals surface area (Å²) in [5.41, 5.74) is -1.36. The number of nitrogens with one attached hydrogen (secondary N) is 1. The summed E-state index contributed by atoms with van der Waals surface area (Å²) in [5, 5.41) is 13.0. The molecule has 0 aromatic heterocycles. The highest BCUT2D eigenvalue weighted by Gasteiger charge is 2.40. The van der Waals surface area contributed by atoms with Gasteiger partial charge in [0.25, 0.3) is 0 Å². The van der Waals surface area contributed by atoms with Crippen LogP contribution in [0.25, 0.3) is 0 Å². The molecule has 2 N–H and O–H groups in total. The van der Waals surface area contributed by atoms with E-state index in [0.717, 1.165) is 4.31 Å². The molecule has 2 rings (SSSR count). The summed E-state index contributed by atoms with van der Waals surface area (Å²) in [6, 6.07) is 3.89. The number of nitrogens with zero attached hydrogens (tertiary/aromatic N) is 1. The van der Waals surface area contributed by atoms with E-state index in [1.54, 1.807) is 0 Å². The van der Waals surface area contributed by atoms with Gasteiger partial charge in [-0.25, -0.2) is 12.8 Å². The van der Waals surface area contributed by atoms with Gasteiger partial charge < -0.3 is 10.4 Å². The van der Waals surface area contributed by atoms with Crippen molar-refractivity contribution < 1.29 is 22.7 Å². The van der Waals surface area contributed by atoms with Gasteiger partial charge in [0.05, 0.1) is 16.9 Å². The van der Waals surface area contributed by atoms with Crippen LogP contribution in [0.2, 0.25) is 0 Å². The Kier molecular flexibility index (Phi) is 5.07. The smallest absolute Gasteiger partial charge is 0.243 e. The first-order chi connectivity index (χ1) is 10.7. The highest BCUT2D eigenvalue weighted by Crippen LogP contribution is 2.30. The summed E-state index contributed by atoms with van der Waals surface area (Å²) in [7, 11) is -2.47. The number of piperidine rings is 1. The molecule has 0 aliphatic carbocycles. The van der Waals surface area contributed by atoms with Gasteiger partial charge >= 0.3 is 0 Å². The van der Waals surface area contributed by atoms with Gasteiger partial charge in [-0.3, -0.25) is 4.79 Å². The third-order valence-corrected chi connectivity index (χ3v) is 6.11. The van der Waals surface area contributed by atoms with Gasteiger partial charge in [0, 0.05) is 25.7 Å². The lowest BCUT2D eigenvalue weighted by molar-refractivity contribution is -0.127. The van der Waals surface area contributed by atoms with E-state index in [0.29, 0.717) is 12.8 Å². The average molecular weight is 344 g/mol. The molecule has 128 valence electrons. The Bertz CT molecular complexity index is 707. The fourth-order valence-corrected chi connectivity index (χ4v) is 4.61. The molecule has 1 aliphatic rings. The Balaban J connectivity index is 2.30. The molecule has 6 nitrogen and oxygen atoms in total. The average Bonchev–Trinajstić information content (AvgIpc) is 2.49. The molecule has 0 radical (unpaired) electrons. The minimum absolute atomic E-state index is 0.0490. The summed E-state index contributed by atoms with van der Waals surface area (Å²) < 4.78 is 40.3. The van der Waals surface area contributed by atoms with Crippen LogP contribution < -0.4 is 5.32 Å². The molecule has 1 saturated heterocycles. The number of benzene rings is 1. The molecule has 1 fully saturated rings. The van der Waals surface area contributed by atoms with E-state index in [1.165, 1.54) is 32.2 Å². The van der Waals surface area contributed by atoms with E-state index in [9.17, 15) is 22.7 Å². The van der Waals surface area contributed by atoms with Crippen LogP contribution in [0.5, 0.6) is 0 Å². The first-order valence-corrected chi connectivity index (χ1v) is 8.82. The van der Waals surface area contributed by atoms with Crippen molar-refractivity contribution in [2.75, 3.05) is 20.1 Å². The Morgan fingerprint density at radius 3 is 2.83 bits per heavy atom. The third-order valence-electron chi connectivity index (χ3n) is 4.12. The van der Waals surface area contributed by atoms with E-state index in [4.69, 9.17) is 0 Å². The van der Waals surface area contributed by atoms with Gasteiger partial charge in [-0.05, 0) is 31.9 Å². The molecule has 1 amide bonds. The fraction of sp³-hybridized carbons (Fsp3) is 0.533. The normalized spacial score (nSPS) is 22.8. The standard InChI is InChI=1S/C15H21FN2O4S/c1-11-12(16)5-3-6-13(11)23(21,22)18-8-4-7-15(20,10-18)9-14(19)17-2/h3,5-6,20H,4,7-10H2,1-2H3,(H,17,19). The number of aliphatic hydroxyl groups is 1. The lowest BCUT2D eigenvalue weighted by Gasteiger charge is -2.38. The topological polar surface area (TPSA) is 86.7 Å². The van der Waals surface area contributed by atoms with Crippen LogP contribution >= 0.6 is 0 Å². The zero-order valence-electron chi connectivity index (χ0n) is 13.2. The van der Waals surface area contributed by atoms with E-state index < -0.39 is 21.4 Å². The minimum Gasteiger partial charge on any atom is -0.388 e. The van der Waals surface area contributed by atoms with Crippen LogP contribution in [-0.2, 0) is 14.8 Å². The maximum Gasteiger partial charge on any atom is 0.243 e. The third kappa shape index (κ3) is 3.70. The zero-order valence-corrected chi connectivity index (χ0v) is 14.0. The molecule has 23 heavy (non-hydrogen) atoms. The van der Waals surface area contributed by atoms with Crippen LogP contribution in [-0.4, -0.2) is 49.5 Å². The molecule has 1 unspecified atom stereocenters. The summed E-state index contributed by atoms with van der Waals surface area (Å²) in [5.74, 6) is -0.947. The van der Waals surface area contributed by atoms with Crippen molar-refractivity contribution in [2.24, 2.45) is 0 Å². The van der Waals surface area contributed by atoms with Crippen molar-refractivity contribution >= 4 is 15.9 Å². The number of carbonyl (C=O) groups excluding carboxylic acids is 1. The molecule has 1 heterocycles. The van der Waals surface area contributed by atoms with E-state index in [-0.39, 0.29) is 35.9 Å². The van der Waals surface area contributed by atoms with E-state index >= 15 is 0 Å². The molecule has 1 aromatic carbocycles. The maximum absolute atomic E-state index is 13.7. The fourth-order valence-electron chi connectivity index (χ4n) is 2.81. The molecular weight excluding hydrogens is 323 g/mol. The van der Waals surface area contributed by atoms with Gasteiger partial charge in [0.15, 0.2) is 0 Å². The van der Waals surface area contributed by atoms with Crippen molar-refractivity contribution in [3.05, 3.63) is 29.6 Å². The Morgan fingerprint density at radius 2 is 2.17 bits per heavy atom. The lowest BCUT2D eigenvalue weighted by Crippen LogP contribution is -2.52. The highest BCUT2D eigenvalue weighted by atomic mass is 32.2. The van der Waals surface area contributed by atoms with Crippen molar-refractivity contribution in [3.63, 3.8) is 0 Å². The molecule has 1 aromatic rings. The minimum atomic E-state index is -3.93. The maximum atomic E-state index is 13.7. The SMILES string of the molecule is CNC(=O)CC1(O)CCCN(S(=O)(=O)c2cccc(F)c2C)C1. The number of hydrogen-bond acceptors (Lipinski definition) is 4.